The Kier molecular flexibility index (Phi) is 6.82. The smallest absolute Gasteiger partial charge is 0.145 e. The summed E-state index contributed by atoms with van der Waals surface area (Å²) in [6.07, 6.45) is 9.03. The number of nitriles is 2. The van der Waals surface area contributed by atoms with Crippen molar-refractivity contribution in [2.45, 2.75) is 6.42 Å². The van der Waals surface area contributed by atoms with Crippen molar-refractivity contribution >= 4 is 93.2 Å². The van der Waals surface area contributed by atoms with Gasteiger partial charge in [0, 0.05) is 43.6 Å². The van der Waals surface area contributed by atoms with Crippen LogP contribution >= 0.6 is 0 Å². The first kappa shape index (κ1) is 33.4. The Morgan fingerprint density at radius 1 is 0.459 bits per heavy atom. The van der Waals surface area contributed by atoms with Gasteiger partial charge in [-0.1, -0.05) is 103 Å². The van der Waals surface area contributed by atoms with Crippen LogP contribution in [0.4, 0.5) is 0 Å². The van der Waals surface area contributed by atoms with Gasteiger partial charge in [0.25, 0.3) is 0 Å². The van der Waals surface area contributed by atoms with Gasteiger partial charge in [0.2, 0.25) is 0 Å². The highest BCUT2D eigenvalue weighted by atomic mass is 16.3. The molecule has 0 atom stereocenters. The largest absolute Gasteiger partial charge is 0.456 e. The highest BCUT2D eigenvalue weighted by Gasteiger charge is 2.25. The van der Waals surface area contributed by atoms with Crippen LogP contribution in [0.1, 0.15) is 22.5 Å². The summed E-state index contributed by atoms with van der Waals surface area (Å²) in [4.78, 5) is 0. The fourth-order valence-electron chi connectivity index (χ4n) is 10.2. The number of allylic oxidation sites excluding steroid dienone is 3. The summed E-state index contributed by atoms with van der Waals surface area (Å²) < 4.78 is 13.3. The highest BCUT2D eigenvalue weighted by molar-refractivity contribution is 6.23. The van der Waals surface area contributed by atoms with Crippen molar-refractivity contribution in [2.75, 3.05) is 0 Å². The summed E-state index contributed by atoms with van der Waals surface area (Å²) in [5, 5.41) is 32.0. The van der Waals surface area contributed by atoms with E-state index in [1.54, 1.807) is 0 Å². The van der Waals surface area contributed by atoms with Gasteiger partial charge < -0.3 is 18.1 Å². The van der Waals surface area contributed by atoms with Crippen LogP contribution < -0.4 is 0 Å². The number of furan rings is 1. The molecule has 4 heterocycles. The molecule has 13 rings (SSSR count). The SMILES string of the molecule is N#Cc1cc(-n2c3ccccc3c3c4oc5c(c4ccc32)CC=CC=C5)c(C#N)cc1-n1c2ccc(-n3c4ccccc4c4ccccc43)cc2c2c3ccccc3ccc21. The van der Waals surface area contributed by atoms with Gasteiger partial charge in [-0.3, -0.25) is 0 Å². The summed E-state index contributed by atoms with van der Waals surface area (Å²) in [5.41, 5.74) is 11.3. The number of rotatable bonds is 3. The lowest BCUT2D eigenvalue weighted by atomic mass is 10.0. The Labute approximate surface area is 348 Å². The summed E-state index contributed by atoms with van der Waals surface area (Å²) in [7, 11) is 0. The molecule has 6 heteroatoms. The quantitative estimate of drug-likeness (QED) is 0.179. The van der Waals surface area contributed by atoms with E-state index in [9.17, 15) is 10.5 Å². The van der Waals surface area contributed by atoms with Gasteiger partial charge in [-0.05, 0) is 90.0 Å². The maximum atomic E-state index is 11.1. The molecular weight excluding hydrogens is 747 g/mol. The van der Waals surface area contributed by atoms with Crippen LogP contribution in [0.15, 0.2) is 174 Å². The Balaban J connectivity index is 1.08. The fourth-order valence-corrected chi connectivity index (χ4v) is 10.2. The van der Waals surface area contributed by atoms with Crippen molar-refractivity contribution in [3.63, 3.8) is 0 Å². The average Bonchev–Trinajstić information content (AvgIpc) is 3.99. The standard InChI is InChI=1S/C55H31N5O/c56-31-34-29-51(35(32-57)28-50(34)59-46-20-11-8-17-42(46)54-49(59)27-24-41-40-16-2-1-3-21-52(40)61-55(41)54)60-47-26-23-36(30-43(47)53-37-13-5-4-12-33(37)22-25-48(53)60)58-44-18-9-6-14-38(44)39-15-7-10-19-45(39)58/h1-15,17-30H,16H2. The van der Waals surface area contributed by atoms with Crippen molar-refractivity contribution in [3.05, 3.63) is 192 Å². The van der Waals surface area contributed by atoms with Crippen molar-refractivity contribution in [1.82, 2.24) is 13.7 Å². The van der Waals surface area contributed by atoms with Gasteiger partial charge in [0.05, 0.1) is 61.0 Å². The number of para-hydroxylation sites is 3. The molecule has 0 radical (unpaired) electrons. The predicted molar refractivity (Wildman–Crippen MR) is 248 cm³/mol. The molecule has 0 saturated carbocycles. The number of aromatic nitrogens is 3. The zero-order valence-corrected chi connectivity index (χ0v) is 32.6. The summed E-state index contributed by atoms with van der Waals surface area (Å²) in [6, 6.07) is 57.9. The van der Waals surface area contributed by atoms with E-state index in [-0.39, 0.29) is 0 Å². The van der Waals surface area contributed by atoms with Gasteiger partial charge >= 0.3 is 0 Å². The number of fused-ring (bicyclic) bond motifs is 15. The monoisotopic (exact) mass is 777 g/mol. The molecule has 12 aromatic rings. The third kappa shape index (κ3) is 4.53. The van der Waals surface area contributed by atoms with E-state index in [0.29, 0.717) is 22.5 Å². The molecule has 0 amide bonds. The molecule has 0 spiro atoms. The molecule has 1 aliphatic rings. The molecule has 1 aliphatic carbocycles. The molecular formula is C55H31N5O. The molecule has 0 unspecified atom stereocenters. The van der Waals surface area contributed by atoms with Gasteiger partial charge in [0.1, 0.15) is 23.5 Å². The first-order chi connectivity index (χ1) is 30.2. The summed E-state index contributed by atoms with van der Waals surface area (Å²) in [6.45, 7) is 0. The van der Waals surface area contributed by atoms with Gasteiger partial charge in [-0.2, -0.15) is 10.5 Å². The van der Waals surface area contributed by atoms with E-state index in [4.69, 9.17) is 4.42 Å². The minimum atomic E-state index is 0.456. The fraction of sp³-hybridized carbons (Fsp3) is 0.0182. The maximum absolute atomic E-state index is 11.1. The van der Waals surface area contributed by atoms with Crippen LogP contribution in [0.25, 0.3) is 110 Å². The third-order valence-corrected chi connectivity index (χ3v) is 12.8. The van der Waals surface area contributed by atoms with E-state index < -0.39 is 0 Å². The van der Waals surface area contributed by atoms with Crippen molar-refractivity contribution in [1.29, 1.82) is 10.5 Å². The van der Waals surface area contributed by atoms with Crippen molar-refractivity contribution < 1.29 is 4.42 Å². The van der Waals surface area contributed by atoms with E-state index in [1.165, 1.54) is 10.8 Å². The average molecular weight is 778 g/mol. The highest BCUT2D eigenvalue weighted by Crippen LogP contribution is 2.44. The molecule has 0 saturated heterocycles. The third-order valence-electron chi connectivity index (χ3n) is 12.8. The maximum Gasteiger partial charge on any atom is 0.145 e. The van der Waals surface area contributed by atoms with Crippen LogP contribution in [-0.4, -0.2) is 13.7 Å². The molecule has 8 aromatic carbocycles. The molecule has 282 valence electrons. The van der Waals surface area contributed by atoms with Gasteiger partial charge in [0.15, 0.2) is 0 Å². The second-order valence-electron chi connectivity index (χ2n) is 15.8. The Hall–Kier alpha value is -8.58. The van der Waals surface area contributed by atoms with E-state index in [0.717, 1.165) is 99.8 Å². The lowest BCUT2D eigenvalue weighted by molar-refractivity contribution is 0.603. The molecule has 6 nitrogen and oxygen atoms in total. The topological polar surface area (TPSA) is 75.5 Å². The first-order valence-electron chi connectivity index (χ1n) is 20.4. The van der Waals surface area contributed by atoms with E-state index >= 15 is 0 Å². The number of hydrogen-bond donors (Lipinski definition) is 0. The second-order valence-corrected chi connectivity index (χ2v) is 15.8. The van der Waals surface area contributed by atoms with Crippen LogP contribution in [-0.2, 0) is 6.42 Å². The van der Waals surface area contributed by atoms with Gasteiger partial charge in [-0.15, -0.1) is 0 Å². The minimum Gasteiger partial charge on any atom is -0.456 e. The van der Waals surface area contributed by atoms with E-state index in [2.05, 4.69) is 165 Å². The molecule has 4 aromatic heterocycles. The molecule has 0 N–H and O–H groups in total. The summed E-state index contributed by atoms with van der Waals surface area (Å²) >= 11 is 0. The van der Waals surface area contributed by atoms with Crippen molar-refractivity contribution in [3.8, 4) is 29.2 Å². The lowest BCUT2D eigenvalue weighted by Crippen LogP contribution is -2.04. The van der Waals surface area contributed by atoms with Crippen LogP contribution in [0, 0.1) is 22.7 Å². The summed E-state index contributed by atoms with van der Waals surface area (Å²) in [5.74, 6) is 0.860. The van der Waals surface area contributed by atoms with Crippen LogP contribution in [0.3, 0.4) is 0 Å². The first-order valence-corrected chi connectivity index (χ1v) is 20.4. The Bertz CT molecular complexity index is 4000. The van der Waals surface area contributed by atoms with E-state index in [1.807, 2.05) is 36.4 Å². The second kappa shape index (κ2) is 12.5. The number of nitrogens with zero attached hydrogens (tertiary/aromatic N) is 5. The predicted octanol–water partition coefficient (Wildman–Crippen LogP) is 13.7. The zero-order valence-electron chi connectivity index (χ0n) is 32.6. The molecule has 0 bridgehead atoms. The number of hydrogen-bond acceptors (Lipinski definition) is 3. The molecule has 0 aliphatic heterocycles. The normalized spacial score (nSPS) is 12.7. The molecule has 0 fully saturated rings. The number of benzene rings is 8. The van der Waals surface area contributed by atoms with Crippen LogP contribution in [0.2, 0.25) is 0 Å². The Morgan fingerprint density at radius 3 is 1.74 bits per heavy atom. The van der Waals surface area contributed by atoms with Crippen molar-refractivity contribution in [2.24, 2.45) is 0 Å². The minimum absolute atomic E-state index is 0.456. The lowest BCUT2D eigenvalue weighted by Gasteiger charge is -2.16. The molecule has 61 heavy (non-hydrogen) atoms. The Morgan fingerprint density at radius 2 is 1.03 bits per heavy atom. The van der Waals surface area contributed by atoms with Gasteiger partial charge in [-0.25, -0.2) is 0 Å². The van der Waals surface area contributed by atoms with Crippen LogP contribution in [0.5, 0.6) is 0 Å². The zero-order chi connectivity index (χ0) is 40.3.